The Balaban J connectivity index is 1.65. The van der Waals surface area contributed by atoms with Gasteiger partial charge in [-0.3, -0.25) is 4.68 Å². The van der Waals surface area contributed by atoms with E-state index in [9.17, 15) is 0 Å². The van der Waals surface area contributed by atoms with Gasteiger partial charge in [-0.05, 0) is 70.0 Å². The number of nitrogens with one attached hydrogen (secondary N) is 2. The summed E-state index contributed by atoms with van der Waals surface area (Å²) in [7, 11) is 0. The summed E-state index contributed by atoms with van der Waals surface area (Å²) < 4.78 is 2.58. The van der Waals surface area contributed by atoms with Crippen LogP contribution in [0.25, 0.3) is 0 Å². The van der Waals surface area contributed by atoms with Crippen molar-refractivity contribution in [3.05, 3.63) is 74.3 Å². The highest BCUT2D eigenvalue weighted by Crippen LogP contribution is 2.24. The smallest absolute Gasteiger partial charge is 0.176 e. The molecule has 0 saturated carbocycles. The van der Waals surface area contributed by atoms with Crippen LogP contribution in [0.15, 0.2) is 53.1 Å². The summed E-state index contributed by atoms with van der Waals surface area (Å²) in [5, 5.41) is 12.5. The van der Waals surface area contributed by atoms with E-state index in [1.165, 1.54) is 5.56 Å². The maximum Gasteiger partial charge on any atom is 0.176 e. The number of hydrogen-bond donors (Lipinski definition) is 2. The van der Waals surface area contributed by atoms with E-state index >= 15 is 0 Å². The van der Waals surface area contributed by atoms with Gasteiger partial charge in [-0.1, -0.05) is 48.3 Å². The Labute approximate surface area is 182 Å². The molecule has 1 heterocycles. The number of hydrogen-bond acceptors (Lipinski definition) is 2. The molecule has 0 atom stereocenters. The summed E-state index contributed by atoms with van der Waals surface area (Å²) in [5.41, 5.74) is 3.13. The molecule has 140 valence electrons. The summed E-state index contributed by atoms with van der Waals surface area (Å²) >= 11 is 21.1. The molecular formula is C19H17BrCl2N4S. The number of aromatic nitrogens is 2. The van der Waals surface area contributed by atoms with Crippen molar-refractivity contribution in [2.24, 2.45) is 0 Å². The van der Waals surface area contributed by atoms with E-state index in [1.807, 2.05) is 30.5 Å². The van der Waals surface area contributed by atoms with E-state index in [0.29, 0.717) is 27.5 Å². The first-order chi connectivity index (χ1) is 12.9. The molecule has 3 rings (SSSR count). The molecule has 2 N–H and O–H groups in total. The average molecular weight is 484 g/mol. The molecule has 0 aliphatic heterocycles. The van der Waals surface area contributed by atoms with Crippen molar-refractivity contribution < 1.29 is 0 Å². The number of aryl methyl sites for hydroxylation is 1. The number of benzene rings is 2. The molecule has 2 aromatic carbocycles. The lowest BCUT2D eigenvalue weighted by molar-refractivity contribution is 0.690. The van der Waals surface area contributed by atoms with Gasteiger partial charge >= 0.3 is 0 Å². The van der Waals surface area contributed by atoms with E-state index in [-0.39, 0.29) is 0 Å². The molecule has 0 radical (unpaired) electrons. The minimum atomic E-state index is 0.467. The minimum absolute atomic E-state index is 0.467. The Morgan fingerprint density at radius 2 is 1.89 bits per heavy atom. The number of nitrogens with zero attached hydrogens (tertiary/aromatic N) is 2. The van der Waals surface area contributed by atoms with Crippen molar-refractivity contribution in [3.63, 3.8) is 0 Å². The second kappa shape index (κ2) is 9.06. The predicted octanol–water partition coefficient (Wildman–Crippen LogP) is 6.37. The van der Waals surface area contributed by atoms with E-state index in [4.69, 9.17) is 35.4 Å². The SMILES string of the molecule is CCc1ccc(NC(=S)Nc2nn(Cc3ccc(Cl)cc3Cl)cc2Br)cc1. The zero-order chi connectivity index (χ0) is 19.4. The molecule has 3 aromatic rings. The van der Waals surface area contributed by atoms with Crippen LogP contribution in [0.5, 0.6) is 0 Å². The second-order valence-corrected chi connectivity index (χ2v) is 7.99. The fraction of sp³-hybridized carbons (Fsp3) is 0.158. The highest BCUT2D eigenvalue weighted by molar-refractivity contribution is 9.10. The number of rotatable bonds is 5. The van der Waals surface area contributed by atoms with Gasteiger partial charge in [-0.15, -0.1) is 0 Å². The Bertz CT molecular complexity index is 957. The molecule has 4 nitrogen and oxygen atoms in total. The molecule has 0 aliphatic rings. The molecule has 0 unspecified atom stereocenters. The van der Waals surface area contributed by atoms with Crippen molar-refractivity contribution in [2.75, 3.05) is 10.6 Å². The van der Waals surface area contributed by atoms with Crippen LogP contribution in [0.2, 0.25) is 10.0 Å². The molecule has 0 saturated heterocycles. The molecule has 0 fully saturated rings. The van der Waals surface area contributed by atoms with Crippen LogP contribution in [0.1, 0.15) is 18.1 Å². The third kappa shape index (κ3) is 5.45. The van der Waals surface area contributed by atoms with Gasteiger partial charge in [0.2, 0.25) is 0 Å². The van der Waals surface area contributed by atoms with E-state index in [2.05, 4.69) is 50.7 Å². The van der Waals surface area contributed by atoms with Gasteiger partial charge in [-0.25, -0.2) is 0 Å². The first-order valence-corrected chi connectivity index (χ1v) is 10.2. The Kier molecular flexibility index (Phi) is 6.76. The standard InChI is InChI=1S/C19H17BrCl2N4S/c1-2-12-3-7-15(8-4-12)23-19(27)24-18-16(20)11-26(25-18)10-13-5-6-14(21)9-17(13)22/h3-9,11H,2,10H2,1H3,(H2,23,24,25,27). The second-order valence-electron chi connectivity index (χ2n) is 5.89. The van der Waals surface area contributed by atoms with Gasteiger partial charge in [0.15, 0.2) is 10.9 Å². The van der Waals surface area contributed by atoms with Gasteiger partial charge in [-0.2, -0.15) is 5.10 Å². The predicted molar refractivity (Wildman–Crippen MR) is 121 cm³/mol. The van der Waals surface area contributed by atoms with Gasteiger partial charge in [0, 0.05) is 21.9 Å². The zero-order valence-electron chi connectivity index (χ0n) is 14.5. The third-order valence-corrected chi connectivity index (χ3v) is 5.29. The quantitative estimate of drug-likeness (QED) is 0.413. The average Bonchev–Trinajstić information content (AvgIpc) is 2.97. The highest BCUT2D eigenvalue weighted by Gasteiger charge is 2.10. The minimum Gasteiger partial charge on any atom is -0.332 e. The summed E-state index contributed by atoms with van der Waals surface area (Å²) in [5.74, 6) is 0.628. The lowest BCUT2D eigenvalue weighted by Gasteiger charge is -2.09. The van der Waals surface area contributed by atoms with Crippen LogP contribution in [0.4, 0.5) is 11.5 Å². The first kappa shape index (κ1) is 20.1. The Morgan fingerprint density at radius 1 is 1.15 bits per heavy atom. The van der Waals surface area contributed by atoms with Crippen molar-refractivity contribution >= 4 is 68.0 Å². The largest absolute Gasteiger partial charge is 0.332 e. The lowest BCUT2D eigenvalue weighted by Crippen LogP contribution is -2.19. The van der Waals surface area contributed by atoms with Crippen molar-refractivity contribution in [1.29, 1.82) is 0 Å². The number of thiocarbonyl (C=S) groups is 1. The fourth-order valence-electron chi connectivity index (χ4n) is 2.48. The van der Waals surface area contributed by atoms with Crippen molar-refractivity contribution in [1.82, 2.24) is 9.78 Å². The molecule has 8 heteroatoms. The summed E-state index contributed by atoms with van der Waals surface area (Å²) in [6.07, 6.45) is 2.87. The van der Waals surface area contributed by atoms with Crippen molar-refractivity contribution in [2.45, 2.75) is 19.9 Å². The maximum atomic E-state index is 6.24. The molecule has 0 bridgehead atoms. The number of halogens is 3. The molecule has 0 aliphatic carbocycles. The van der Waals surface area contributed by atoms with Crippen LogP contribution in [-0.4, -0.2) is 14.9 Å². The summed E-state index contributed by atoms with van der Waals surface area (Å²) in [6.45, 7) is 2.65. The van der Waals surface area contributed by atoms with Crippen LogP contribution < -0.4 is 10.6 Å². The fourth-order valence-corrected chi connectivity index (χ4v) is 3.58. The van der Waals surface area contributed by atoms with Gasteiger partial charge in [0.25, 0.3) is 0 Å². The van der Waals surface area contributed by atoms with Gasteiger partial charge in [0.1, 0.15) is 0 Å². The topological polar surface area (TPSA) is 41.9 Å². The zero-order valence-corrected chi connectivity index (χ0v) is 18.4. The summed E-state index contributed by atoms with van der Waals surface area (Å²) in [4.78, 5) is 0. The Morgan fingerprint density at radius 3 is 2.56 bits per heavy atom. The molecule has 27 heavy (non-hydrogen) atoms. The van der Waals surface area contributed by atoms with E-state index < -0.39 is 0 Å². The van der Waals surface area contributed by atoms with Crippen molar-refractivity contribution in [3.8, 4) is 0 Å². The first-order valence-electron chi connectivity index (χ1n) is 8.28. The lowest BCUT2D eigenvalue weighted by atomic mass is 10.1. The monoisotopic (exact) mass is 482 g/mol. The molecular weight excluding hydrogens is 467 g/mol. The normalized spacial score (nSPS) is 10.7. The third-order valence-electron chi connectivity index (χ3n) is 3.92. The van der Waals surface area contributed by atoms with Crippen LogP contribution >= 0.6 is 51.3 Å². The van der Waals surface area contributed by atoms with Crippen LogP contribution in [0, 0.1) is 0 Å². The van der Waals surface area contributed by atoms with Crippen LogP contribution in [0.3, 0.4) is 0 Å². The summed E-state index contributed by atoms with van der Waals surface area (Å²) in [6, 6.07) is 13.6. The number of anilines is 2. The van der Waals surface area contributed by atoms with Crippen LogP contribution in [-0.2, 0) is 13.0 Å². The molecule has 1 aromatic heterocycles. The molecule has 0 spiro atoms. The van der Waals surface area contributed by atoms with E-state index in [1.54, 1.807) is 10.7 Å². The Hall–Kier alpha value is -1.60. The molecule has 0 amide bonds. The van der Waals surface area contributed by atoms with E-state index in [0.717, 1.165) is 22.1 Å². The van der Waals surface area contributed by atoms with Gasteiger partial charge < -0.3 is 10.6 Å². The highest BCUT2D eigenvalue weighted by atomic mass is 79.9. The maximum absolute atomic E-state index is 6.24. The van der Waals surface area contributed by atoms with Gasteiger partial charge in [0.05, 0.1) is 11.0 Å².